The van der Waals surface area contributed by atoms with Crippen LogP contribution in [0.3, 0.4) is 0 Å². The quantitative estimate of drug-likeness (QED) is 0.701. The second-order valence-corrected chi connectivity index (χ2v) is 8.36. The van der Waals surface area contributed by atoms with E-state index in [4.69, 9.17) is 4.74 Å². The van der Waals surface area contributed by atoms with Gasteiger partial charge in [-0.15, -0.1) is 11.8 Å². The van der Waals surface area contributed by atoms with Crippen molar-refractivity contribution in [3.63, 3.8) is 0 Å². The van der Waals surface area contributed by atoms with Gasteiger partial charge in [-0.05, 0) is 25.0 Å². The van der Waals surface area contributed by atoms with E-state index in [0.717, 1.165) is 24.3 Å². The Bertz CT molecular complexity index is 757. The second kappa shape index (κ2) is 8.96. The molecule has 2 aliphatic rings. The van der Waals surface area contributed by atoms with Crippen LogP contribution in [0.5, 0.6) is 0 Å². The van der Waals surface area contributed by atoms with Gasteiger partial charge in [-0.3, -0.25) is 14.4 Å². The van der Waals surface area contributed by atoms with Crippen LogP contribution in [0.4, 0.5) is 5.69 Å². The van der Waals surface area contributed by atoms with Crippen LogP contribution < -0.4 is 5.32 Å². The van der Waals surface area contributed by atoms with Gasteiger partial charge in [-0.2, -0.15) is 0 Å². The summed E-state index contributed by atoms with van der Waals surface area (Å²) in [6.45, 7) is 4.47. The number of carbonyl (C=O) groups excluding carboxylic acids is 3. The van der Waals surface area contributed by atoms with Crippen molar-refractivity contribution < 1.29 is 19.1 Å². The highest BCUT2D eigenvalue weighted by Gasteiger charge is 2.51. The Morgan fingerprint density at radius 3 is 2.75 bits per heavy atom. The highest BCUT2D eigenvalue weighted by atomic mass is 32.2. The van der Waals surface area contributed by atoms with Crippen molar-refractivity contribution in [1.29, 1.82) is 0 Å². The van der Waals surface area contributed by atoms with E-state index in [9.17, 15) is 14.4 Å². The smallest absolute Gasteiger partial charge is 0.232 e. The molecule has 1 unspecified atom stereocenters. The highest BCUT2D eigenvalue weighted by Crippen LogP contribution is 2.41. The number of benzene rings is 1. The number of hydrogen-bond acceptors (Lipinski definition) is 5. The minimum absolute atomic E-state index is 0.0302. The third-order valence-corrected chi connectivity index (χ3v) is 6.48. The van der Waals surface area contributed by atoms with E-state index in [1.54, 1.807) is 7.11 Å². The zero-order valence-corrected chi connectivity index (χ0v) is 17.2. The molecule has 3 amide bonds. The van der Waals surface area contributed by atoms with E-state index in [1.165, 1.54) is 18.7 Å². The topological polar surface area (TPSA) is 79.0 Å². The third-order valence-electron chi connectivity index (χ3n) is 5.42. The second-order valence-electron chi connectivity index (χ2n) is 7.35. The molecule has 1 spiro atoms. The summed E-state index contributed by atoms with van der Waals surface area (Å²) in [5.74, 6) is 0.332. The molecule has 1 N–H and O–H groups in total. The van der Waals surface area contributed by atoms with Gasteiger partial charge >= 0.3 is 0 Å². The van der Waals surface area contributed by atoms with Crippen LogP contribution in [-0.2, 0) is 19.1 Å². The molecule has 1 aromatic rings. The molecule has 1 aromatic carbocycles. The van der Waals surface area contributed by atoms with Gasteiger partial charge in [-0.1, -0.05) is 12.1 Å². The first-order valence-electron chi connectivity index (χ1n) is 9.51. The lowest BCUT2D eigenvalue weighted by Crippen LogP contribution is -2.39. The summed E-state index contributed by atoms with van der Waals surface area (Å²) in [4.78, 5) is 41.4. The number of hydrogen-bond donors (Lipinski definition) is 1. The molecule has 28 heavy (non-hydrogen) atoms. The number of carbonyl (C=O) groups is 3. The van der Waals surface area contributed by atoms with Gasteiger partial charge in [0, 0.05) is 45.1 Å². The van der Waals surface area contributed by atoms with Gasteiger partial charge in [0.25, 0.3) is 0 Å². The predicted molar refractivity (Wildman–Crippen MR) is 108 cm³/mol. The molecule has 0 aromatic heterocycles. The Morgan fingerprint density at radius 1 is 1.25 bits per heavy atom. The number of rotatable bonds is 7. The lowest BCUT2D eigenvalue weighted by molar-refractivity contribution is -0.136. The SMILES string of the molecule is COCCN1CCC2(CCN(C(=O)CSc3ccccc3NC(C)=O)C2)C1=O. The summed E-state index contributed by atoms with van der Waals surface area (Å²) in [7, 11) is 1.63. The van der Waals surface area contributed by atoms with Crippen molar-refractivity contribution in [2.24, 2.45) is 5.41 Å². The van der Waals surface area contributed by atoms with Crippen LogP contribution in [0.15, 0.2) is 29.2 Å². The normalized spacial score (nSPS) is 21.6. The van der Waals surface area contributed by atoms with Gasteiger partial charge in [-0.25, -0.2) is 0 Å². The predicted octanol–water partition coefficient (Wildman–Crippen LogP) is 1.83. The number of para-hydroxylation sites is 1. The Morgan fingerprint density at radius 2 is 2.00 bits per heavy atom. The molecule has 0 bridgehead atoms. The van der Waals surface area contributed by atoms with E-state index in [2.05, 4.69) is 5.32 Å². The molecule has 2 heterocycles. The number of nitrogens with one attached hydrogen (secondary N) is 1. The largest absolute Gasteiger partial charge is 0.383 e. The Hall–Kier alpha value is -2.06. The lowest BCUT2D eigenvalue weighted by atomic mass is 9.85. The number of likely N-dealkylation sites (tertiary alicyclic amines) is 2. The van der Waals surface area contributed by atoms with Crippen LogP contribution in [0.25, 0.3) is 0 Å². The zero-order chi connectivity index (χ0) is 20.1. The molecule has 0 radical (unpaired) electrons. The molecule has 1 atom stereocenters. The molecule has 0 saturated carbocycles. The summed E-state index contributed by atoms with van der Waals surface area (Å²) in [5, 5.41) is 2.79. The number of amides is 3. The standard InChI is InChI=1S/C20H27N3O4S/c1-15(24)21-16-5-3-4-6-17(16)28-13-18(25)23-10-8-20(14-23)7-9-22(19(20)26)11-12-27-2/h3-6H,7-14H2,1-2H3,(H,21,24). The highest BCUT2D eigenvalue weighted by molar-refractivity contribution is 8.00. The molecule has 0 aliphatic carbocycles. The molecule has 2 fully saturated rings. The maximum absolute atomic E-state index is 12.8. The van der Waals surface area contributed by atoms with Crippen molar-refractivity contribution in [1.82, 2.24) is 9.80 Å². The number of nitrogens with zero attached hydrogens (tertiary/aromatic N) is 2. The minimum atomic E-state index is -0.415. The van der Waals surface area contributed by atoms with Crippen LogP contribution in [0.2, 0.25) is 0 Å². The van der Waals surface area contributed by atoms with E-state index in [0.29, 0.717) is 31.9 Å². The summed E-state index contributed by atoms with van der Waals surface area (Å²) >= 11 is 1.41. The molecule has 7 nitrogen and oxygen atoms in total. The number of anilines is 1. The van der Waals surface area contributed by atoms with Gasteiger partial charge < -0.3 is 19.9 Å². The Balaban J connectivity index is 1.56. The van der Waals surface area contributed by atoms with Crippen LogP contribution in [-0.4, -0.2) is 73.2 Å². The maximum atomic E-state index is 12.8. The zero-order valence-electron chi connectivity index (χ0n) is 16.4. The van der Waals surface area contributed by atoms with Crippen molar-refractivity contribution >= 4 is 35.2 Å². The summed E-state index contributed by atoms with van der Waals surface area (Å²) in [6, 6.07) is 7.45. The number of methoxy groups -OCH3 is 1. The van der Waals surface area contributed by atoms with Gasteiger partial charge in [0.05, 0.1) is 23.5 Å². The molecular weight excluding hydrogens is 378 g/mol. The fraction of sp³-hybridized carbons (Fsp3) is 0.550. The third kappa shape index (κ3) is 4.50. The molecule has 2 saturated heterocycles. The van der Waals surface area contributed by atoms with E-state index in [1.807, 2.05) is 34.1 Å². The average Bonchev–Trinajstić information content (AvgIpc) is 3.24. The Kier molecular flexibility index (Phi) is 6.61. The van der Waals surface area contributed by atoms with E-state index in [-0.39, 0.29) is 23.5 Å². The van der Waals surface area contributed by atoms with Crippen LogP contribution in [0.1, 0.15) is 19.8 Å². The average molecular weight is 406 g/mol. The van der Waals surface area contributed by atoms with Gasteiger partial charge in [0.2, 0.25) is 17.7 Å². The first-order chi connectivity index (χ1) is 13.4. The fourth-order valence-electron chi connectivity index (χ4n) is 3.89. The molecule has 2 aliphatic heterocycles. The van der Waals surface area contributed by atoms with Crippen LogP contribution in [0, 0.1) is 5.41 Å². The van der Waals surface area contributed by atoms with Crippen molar-refractivity contribution in [2.45, 2.75) is 24.7 Å². The summed E-state index contributed by atoms with van der Waals surface area (Å²) in [6.07, 6.45) is 1.53. The molecule has 152 valence electrons. The van der Waals surface area contributed by atoms with E-state index < -0.39 is 5.41 Å². The molecular formula is C20H27N3O4S. The summed E-state index contributed by atoms with van der Waals surface area (Å²) in [5.41, 5.74) is 0.299. The van der Waals surface area contributed by atoms with Gasteiger partial charge in [0.15, 0.2) is 0 Å². The number of ether oxygens (including phenoxy) is 1. The van der Waals surface area contributed by atoms with E-state index >= 15 is 0 Å². The van der Waals surface area contributed by atoms with Crippen molar-refractivity contribution in [2.75, 3.05) is 51.0 Å². The minimum Gasteiger partial charge on any atom is -0.383 e. The van der Waals surface area contributed by atoms with Crippen LogP contribution >= 0.6 is 11.8 Å². The Labute approximate surface area is 169 Å². The number of thioether (sulfide) groups is 1. The summed E-state index contributed by atoms with van der Waals surface area (Å²) < 4.78 is 5.08. The first kappa shape index (κ1) is 20.7. The first-order valence-corrected chi connectivity index (χ1v) is 10.5. The molecule has 3 rings (SSSR count). The molecule has 8 heteroatoms. The monoisotopic (exact) mass is 405 g/mol. The fourth-order valence-corrected chi connectivity index (χ4v) is 4.80. The van der Waals surface area contributed by atoms with Crippen molar-refractivity contribution in [3.8, 4) is 0 Å². The lowest BCUT2D eigenvalue weighted by Gasteiger charge is -2.23. The van der Waals surface area contributed by atoms with Gasteiger partial charge in [0.1, 0.15) is 0 Å². The van der Waals surface area contributed by atoms with Crippen molar-refractivity contribution in [3.05, 3.63) is 24.3 Å². The maximum Gasteiger partial charge on any atom is 0.232 e.